The SMILES string of the molecule is CCCCCCCCCCCCCCCCCCOC(=S)Oc1ccc(Cl)cc1. The highest BCUT2D eigenvalue weighted by molar-refractivity contribution is 7.79. The fraction of sp³-hybridized carbons (Fsp3) is 0.720. The van der Waals surface area contributed by atoms with Gasteiger partial charge < -0.3 is 9.47 Å². The molecule has 1 aromatic carbocycles. The normalized spacial score (nSPS) is 10.8. The highest BCUT2D eigenvalue weighted by Gasteiger charge is 2.01. The minimum atomic E-state index is 0.188. The van der Waals surface area contributed by atoms with Crippen molar-refractivity contribution in [2.45, 2.75) is 110 Å². The number of hydrogen-bond donors (Lipinski definition) is 0. The van der Waals surface area contributed by atoms with E-state index in [9.17, 15) is 0 Å². The molecule has 0 fully saturated rings. The molecule has 166 valence electrons. The van der Waals surface area contributed by atoms with Gasteiger partial charge in [-0.2, -0.15) is 0 Å². The van der Waals surface area contributed by atoms with Crippen molar-refractivity contribution in [1.29, 1.82) is 0 Å². The average molecular weight is 441 g/mol. The first-order valence-corrected chi connectivity index (χ1v) is 12.6. The molecule has 0 atom stereocenters. The van der Waals surface area contributed by atoms with E-state index < -0.39 is 0 Å². The molecule has 0 bridgehead atoms. The van der Waals surface area contributed by atoms with E-state index in [1.165, 1.54) is 96.3 Å². The first kappa shape index (κ1) is 26.2. The van der Waals surface area contributed by atoms with Gasteiger partial charge in [-0.1, -0.05) is 115 Å². The molecule has 0 aliphatic rings. The Balaban J connectivity index is 1.77. The Kier molecular flexibility index (Phi) is 17.4. The van der Waals surface area contributed by atoms with Crippen LogP contribution in [0.25, 0.3) is 0 Å². The first-order valence-electron chi connectivity index (χ1n) is 11.8. The predicted molar refractivity (Wildman–Crippen MR) is 130 cm³/mol. The highest BCUT2D eigenvalue weighted by atomic mass is 35.5. The molecule has 1 aromatic rings. The molecule has 0 spiro atoms. The molecule has 2 nitrogen and oxygen atoms in total. The van der Waals surface area contributed by atoms with Gasteiger partial charge in [0, 0.05) is 17.2 Å². The lowest BCUT2D eigenvalue weighted by Crippen LogP contribution is -2.11. The van der Waals surface area contributed by atoms with Crippen LogP contribution in [0.5, 0.6) is 5.75 Å². The smallest absolute Gasteiger partial charge is 0.357 e. The standard InChI is InChI=1S/C25H41ClO2S/c1-2-3-4-5-6-7-8-9-10-11-12-13-14-15-16-17-22-27-25(29)28-24-20-18-23(26)19-21-24/h18-21H,2-17,22H2,1H3. The minimum Gasteiger partial charge on any atom is -0.457 e. The quantitative estimate of drug-likeness (QED) is 0.167. The van der Waals surface area contributed by atoms with E-state index in [1.807, 2.05) is 0 Å². The number of ether oxygens (including phenoxy) is 2. The zero-order chi connectivity index (χ0) is 21.0. The van der Waals surface area contributed by atoms with E-state index in [0.717, 1.165) is 6.42 Å². The Morgan fingerprint density at radius 2 is 1.10 bits per heavy atom. The van der Waals surface area contributed by atoms with E-state index in [1.54, 1.807) is 24.3 Å². The third-order valence-corrected chi connectivity index (χ3v) is 5.69. The Morgan fingerprint density at radius 3 is 1.55 bits per heavy atom. The maximum atomic E-state index is 5.84. The van der Waals surface area contributed by atoms with Crippen LogP contribution in [0.2, 0.25) is 5.02 Å². The van der Waals surface area contributed by atoms with Crippen molar-refractivity contribution in [2.75, 3.05) is 6.61 Å². The number of halogens is 1. The Bertz CT molecular complexity index is 504. The largest absolute Gasteiger partial charge is 0.457 e. The van der Waals surface area contributed by atoms with E-state index in [0.29, 0.717) is 17.4 Å². The zero-order valence-corrected chi connectivity index (χ0v) is 20.0. The molecule has 29 heavy (non-hydrogen) atoms. The van der Waals surface area contributed by atoms with Gasteiger partial charge in [-0.3, -0.25) is 0 Å². The van der Waals surface area contributed by atoms with Gasteiger partial charge >= 0.3 is 5.24 Å². The molecule has 0 amide bonds. The van der Waals surface area contributed by atoms with Crippen molar-refractivity contribution in [3.63, 3.8) is 0 Å². The minimum absolute atomic E-state index is 0.188. The molecular weight excluding hydrogens is 400 g/mol. The monoisotopic (exact) mass is 440 g/mol. The second kappa shape index (κ2) is 19.2. The third-order valence-electron chi connectivity index (χ3n) is 5.23. The van der Waals surface area contributed by atoms with Gasteiger partial charge in [0.05, 0.1) is 6.61 Å². The van der Waals surface area contributed by atoms with Crippen molar-refractivity contribution >= 4 is 29.1 Å². The summed E-state index contributed by atoms with van der Waals surface area (Å²) in [5, 5.41) is 0.866. The van der Waals surface area contributed by atoms with Crippen LogP contribution in [0, 0.1) is 0 Å². The van der Waals surface area contributed by atoms with Crippen molar-refractivity contribution < 1.29 is 9.47 Å². The maximum Gasteiger partial charge on any atom is 0.357 e. The molecule has 4 heteroatoms. The van der Waals surface area contributed by atoms with Crippen LogP contribution in [0.4, 0.5) is 0 Å². The van der Waals surface area contributed by atoms with Gasteiger partial charge in [-0.25, -0.2) is 0 Å². The van der Waals surface area contributed by atoms with Crippen LogP contribution < -0.4 is 4.74 Å². The van der Waals surface area contributed by atoms with Gasteiger partial charge in [-0.15, -0.1) is 0 Å². The summed E-state index contributed by atoms with van der Waals surface area (Å²) < 4.78 is 10.9. The van der Waals surface area contributed by atoms with Crippen LogP contribution in [0.1, 0.15) is 110 Å². The van der Waals surface area contributed by atoms with Crippen LogP contribution in [0.3, 0.4) is 0 Å². The number of benzene rings is 1. The second-order valence-corrected chi connectivity index (χ2v) is 8.73. The Hall–Kier alpha value is -0.800. The average Bonchev–Trinajstić information content (AvgIpc) is 2.72. The summed E-state index contributed by atoms with van der Waals surface area (Å²) >= 11 is 10.9. The summed E-state index contributed by atoms with van der Waals surface area (Å²) in [4.78, 5) is 0. The summed E-state index contributed by atoms with van der Waals surface area (Å²) in [7, 11) is 0. The molecule has 0 radical (unpaired) electrons. The van der Waals surface area contributed by atoms with Gasteiger partial charge in [0.1, 0.15) is 5.75 Å². The fourth-order valence-corrected chi connectivity index (χ4v) is 3.74. The van der Waals surface area contributed by atoms with Gasteiger partial charge in [-0.05, 0) is 30.7 Å². The van der Waals surface area contributed by atoms with E-state index in [2.05, 4.69) is 6.92 Å². The summed E-state index contributed by atoms with van der Waals surface area (Å²) in [6.07, 6.45) is 21.9. The molecular formula is C25H41ClO2S. The fourth-order valence-electron chi connectivity index (χ4n) is 3.43. The van der Waals surface area contributed by atoms with Crippen LogP contribution in [0.15, 0.2) is 24.3 Å². The van der Waals surface area contributed by atoms with Crippen LogP contribution >= 0.6 is 23.8 Å². The lowest BCUT2D eigenvalue weighted by molar-refractivity contribution is 0.240. The molecule has 0 aromatic heterocycles. The number of hydrogen-bond acceptors (Lipinski definition) is 3. The molecule has 1 rings (SSSR count). The molecule has 0 heterocycles. The van der Waals surface area contributed by atoms with Crippen molar-refractivity contribution in [3.05, 3.63) is 29.3 Å². The summed E-state index contributed by atoms with van der Waals surface area (Å²) in [6, 6.07) is 7.11. The lowest BCUT2D eigenvalue weighted by atomic mass is 10.0. The number of unbranched alkanes of at least 4 members (excludes halogenated alkanes) is 15. The van der Waals surface area contributed by atoms with Crippen molar-refractivity contribution in [3.8, 4) is 5.75 Å². The van der Waals surface area contributed by atoms with E-state index >= 15 is 0 Å². The topological polar surface area (TPSA) is 18.5 Å². The lowest BCUT2D eigenvalue weighted by Gasteiger charge is -2.08. The predicted octanol–water partition coefficient (Wildman–Crippen LogP) is 9.28. The maximum absolute atomic E-state index is 5.84. The number of rotatable bonds is 18. The van der Waals surface area contributed by atoms with Gasteiger partial charge in [0.15, 0.2) is 0 Å². The molecule has 0 saturated heterocycles. The number of thiocarbonyl (C=S) groups is 1. The molecule has 0 unspecified atom stereocenters. The van der Waals surface area contributed by atoms with Gasteiger partial charge in [0.25, 0.3) is 0 Å². The third kappa shape index (κ3) is 16.7. The summed E-state index contributed by atoms with van der Waals surface area (Å²) in [5.74, 6) is 0.659. The first-order chi connectivity index (χ1) is 14.2. The Labute approximate surface area is 189 Å². The van der Waals surface area contributed by atoms with E-state index in [4.69, 9.17) is 33.3 Å². The molecule has 0 N–H and O–H groups in total. The highest BCUT2D eigenvalue weighted by Crippen LogP contribution is 2.16. The zero-order valence-electron chi connectivity index (χ0n) is 18.4. The summed E-state index contributed by atoms with van der Waals surface area (Å²) in [6.45, 7) is 2.91. The molecule has 0 aliphatic carbocycles. The van der Waals surface area contributed by atoms with Crippen molar-refractivity contribution in [1.82, 2.24) is 0 Å². The molecule has 0 saturated carbocycles. The van der Waals surface area contributed by atoms with Crippen LogP contribution in [-0.2, 0) is 4.74 Å². The van der Waals surface area contributed by atoms with E-state index in [-0.39, 0.29) is 5.24 Å². The van der Waals surface area contributed by atoms with Crippen molar-refractivity contribution in [2.24, 2.45) is 0 Å². The second-order valence-electron chi connectivity index (χ2n) is 7.96. The Morgan fingerprint density at radius 1 is 0.690 bits per heavy atom. The van der Waals surface area contributed by atoms with Crippen LogP contribution in [-0.4, -0.2) is 11.8 Å². The van der Waals surface area contributed by atoms with Gasteiger partial charge in [0.2, 0.25) is 0 Å². The summed E-state index contributed by atoms with van der Waals surface area (Å²) in [5.41, 5.74) is 0. The molecule has 0 aliphatic heterocycles.